The monoisotopic (exact) mass is 350 g/mol. The Labute approximate surface area is 154 Å². The van der Waals surface area contributed by atoms with E-state index in [0.29, 0.717) is 24.7 Å². The second kappa shape index (κ2) is 6.31. The van der Waals surface area contributed by atoms with Crippen molar-refractivity contribution in [2.75, 3.05) is 6.54 Å². The van der Waals surface area contributed by atoms with E-state index in [9.17, 15) is 4.79 Å². The number of hydrogen-bond acceptors (Lipinski definition) is 2. The number of nitrogens with one attached hydrogen (secondary N) is 1. The van der Waals surface area contributed by atoms with Crippen molar-refractivity contribution < 1.29 is 4.79 Å². The Kier molecular flexibility index (Phi) is 4.10. The molecule has 1 aliphatic rings. The summed E-state index contributed by atoms with van der Waals surface area (Å²) in [5.41, 5.74) is 6.67. The average Bonchev–Trinajstić information content (AvgIpc) is 3.23. The Bertz CT molecular complexity index is 979. The van der Waals surface area contributed by atoms with Gasteiger partial charge in [-0.3, -0.25) is 9.48 Å². The van der Waals surface area contributed by atoms with Gasteiger partial charge in [-0.25, -0.2) is 0 Å². The lowest BCUT2D eigenvalue weighted by molar-refractivity contribution is 0.0722. The summed E-state index contributed by atoms with van der Waals surface area (Å²) in [6.45, 7) is 10.5. The summed E-state index contributed by atoms with van der Waals surface area (Å²) in [5.74, 6) is 0.401. The Morgan fingerprint density at radius 2 is 2.15 bits per heavy atom. The highest BCUT2D eigenvalue weighted by molar-refractivity contribution is 5.94. The van der Waals surface area contributed by atoms with Crippen LogP contribution in [0.3, 0.4) is 0 Å². The van der Waals surface area contributed by atoms with Crippen LogP contribution < -0.4 is 0 Å². The minimum Gasteiger partial charge on any atom is -0.358 e. The topological polar surface area (TPSA) is 53.9 Å². The van der Waals surface area contributed by atoms with Crippen molar-refractivity contribution in [3.8, 4) is 0 Å². The van der Waals surface area contributed by atoms with Crippen molar-refractivity contribution in [1.29, 1.82) is 0 Å². The van der Waals surface area contributed by atoms with Gasteiger partial charge in [0.1, 0.15) is 5.69 Å². The number of aromatic nitrogens is 3. The molecular formula is C21H26N4O. The Morgan fingerprint density at radius 1 is 1.35 bits per heavy atom. The maximum absolute atomic E-state index is 13.2. The molecule has 1 amide bonds. The number of benzene rings is 1. The van der Waals surface area contributed by atoms with Gasteiger partial charge in [-0.2, -0.15) is 5.10 Å². The van der Waals surface area contributed by atoms with Gasteiger partial charge in [0, 0.05) is 48.2 Å². The van der Waals surface area contributed by atoms with E-state index in [1.54, 1.807) is 0 Å². The van der Waals surface area contributed by atoms with E-state index in [-0.39, 0.29) is 5.91 Å². The van der Waals surface area contributed by atoms with Gasteiger partial charge in [0.2, 0.25) is 0 Å². The molecule has 5 nitrogen and oxygen atoms in total. The number of carbonyl (C=O) groups is 1. The summed E-state index contributed by atoms with van der Waals surface area (Å²) in [4.78, 5) is 18.7. The predicted octanol–water partition coefficient (Wildman–Crippen LogP) is 4.01. The molecule has 1 aliphatic heterocycles. The fourth-order valence-corrected chi connectivity index (χ4v) is 3.85. The lowest BCUT2D eigenvalue weighted by Gasteiger charge is -2.27. The number of fused-ring (bicyclic) bond motifs is 3. The molecule has 0 atom stereocenters. The second-order valence-electron chi connectivity index (χ2n) is 7.48. The smallest absolute Gasteiger partial charge is 0.272 e. The van der Waals surface area contributed by atoms with E-state index in [4.69, 9.17) is 0 Å². The van der Waals surface area contributed by atoms with Crippen molar-refractivity contribution >= 4 is 16.8 Å². The van der Waals surface area contributed by atoms with Crippen LogP contribution in [0.1, 0.15) is 59.7 Å². The Hall–Kier alpha value is -2.56. The van der Waals surface area contributed by atoms with Gasteiger partial charge in [0.15, 0.2) is 0 Å². The van der Waals surface area contributed by atoms with Crippen LogP contribution in [-0.4, -0.2) is 32.1 Å². The fourth-order valence-electron chi connectivity index (χ4n) is 3.85. The molecule has 26 heavy (non-hydrogen) atoms. The van der Waals surface area contributed by atoms with Gasteiger partial charge >= 0.3 is 0 Å². The molecule has 0 fully saturated rings. The van der Waals surface area contributed by atoms with E-state index in [0.717, 1.165) is 18.7 Å². The van der Waals surface area contributed by atoms with Crippen LogP contribution in [0.15, 0.2) is 24.3 Å². The SMILES string of the molecule is CCn1nc(C(C)C)cc1C(=O)N1CCc2[nH]c3c(C)cccc3c2C1. The van der Waals surface area contributed by atoms with Crippen LogP contribution in [0, 0.1) is 6.92 Å². The van der Waals surface area contributed by atoms with Crippen molar-refractivity contribution in [1.82, 2.24) is 19.7 Å². The summed E-state index contributed by atoms with van der Waals surface area (Å²) >= 11 is 0. The highest BCUT2D eigenvalue weighted by atomic mass is 16.2. The summed E-state index contributed by atoms with van der Waals surface area (Å²) in [5, 5.41) is 5.84. The Morgan fingerprint density at radius 3 is 2.88 bits per heavy atom. The molecule has 3 heterocycles. The van der Waals surface area contributed by atoms with Crippen molar-refractivity contribution in [3.63, 3.8) is 0 Å². The van der Waals surface area contributed by atoms with Crippen molar-refractivity contribution in [3.05, 3.63) is 52.5 Å². The number of aryl methyl sites for hydroxylation is 2. The molecule has 4 rings (SSSR count). The molecule has 0 bridgehead atoms. The minimum absolute atomic E-state index is 0.0823. The normalized spacial score (nSPS) is 14.3. The maximum Gasteiger partial charge on any atom is 0.272 e. The minimum atomic E-state index is 0.0823. The molecule has 0 unspecified atom stereocenters. The van der Waals surface area contributed by atoms with Gasteiger partial charge < -0.3 is 9.88 Å². The molecule has 1 N–H and O–H groups in total. The first-order valence-electron chi connectivity index (χ1n) is 9.45. The summed E-state index contributed by atoms with van der Waals surface area (Å²) in [6.07, 6.45) is 0.868. The van der Waals surface area contributed by atoms with E-state index in [2.05, 4.69) is 49.1 Å². The van der Waals surface area contributed by atoms with Crippen LogP contribution in [0.2, 0.25) is 0 Å². The highest BCUT2D eigenvalue weighted by Crippen LogP contribution is 2.30. The lowest BCUT2D eigenvalue weighted by atomic mass is 10.0. The zero-order chi connectivity index (χ0) is 18.4. The molecule has 3 aromatic rings. The Balaban J connectivity index is 1.68. The van der Waals surface area contributed by atoms with E-state index >= 15 is 0 Å². The third kappa shape index (κ3) is 2.62. The molecule has 0 saturated carbocycles. The van der Waals surface area contributed by atoms with Crippen LogP contribution in [-0.2, 0) is 19.5 Å². The van der Waals surface area contributed by atoms with Gasteiger partial charge in [-0.15, -0.1) is 0 Å². The van der Waals surface area contributed by atoms with Gasteiger partial charge in [0.05, 0.1) is 5.69 Å². The van der Waals surface area contributed by atoms with E-state index < -0.39 is 0 Å². The third-order valence-corrected chi connectivity index (χ3v) is 5.42. The largest absolute Gasteiger partial charge is 0.358 e. The molecule has 0 saturated heterocycles. The number of aromatic amines is 1. The van der Waals surface area contributed by atoms with Crippen molar-refractivity contribution in [2.24, 2.45) is 0 Å². The molecular weight excluding hydrogens is 324 g/mol. The quantitative estimate of drug-likeness (QED) is 0.776. The zero-order valence-corrected chi connectivity index (χ0v) is 16.0. The predicted molar refractivity (Wildman–Crippen MR) is 103 cm³/mol. The number of amides is 1. The van der Waals surface area contributed by atoms with Gasteiger partial charge in [0.25, 0.3) is 5.91 Å². The third-order valence-electron chi connectivity index (χ3n) is 5.42. The molecule has 1 aromatic carbocycles. The average molecular weight is 350 g/mol. The molecule has 2 aromatic heterocycles. The van der Waals surface area contributed by atoms with E-state index in [1.165, 1.54) is 27.7 Å². The highest BCUT2D eigenvalue weighted by Gasteiger charge is 2.27. The molecule has 0 aliphatic carbocycles. The first kappa shape index (κ1) is 16.9. The van der Waals surface area contributed by atoms with Crippen molar-refractivity contribution in [2.45, 2.75) is 53.1 Å². The molecule has 136 valence electrons. The number of nitrogens with zero attached hydrogens (tertiary/aromatic N) is 3. The fraction of sp³-hybridized carbons (Fsp3) is 0.429. The molecule has 0 spiro atoms. The van der Waals surface area contributed by atoms with Crippen LogP contribution in [0.5, 0.6) is 0 Å². The summed E-state index contributed by atoms with van der Waals surface area (Å²) < 4.78 is 1.84. The lowest BCUT2D eigenvalue weighted by Crippen LogP contribution is -2.36. The maximum atomic E-state index is 13.2. The summed E-state index contributed by atoms with van der Waals surface area (Å²) in [7, 11) is 0. The van der Waals surface area contributed by atoms with E-state index in [1.807, 2.05) is 22.6 Å². The first-order chi connectivity index (χ1) is 12.5. The number of rotatable bonds is 3. The molecule has 0 radical (unpaired) electrons. The number of carbonyl (C=O) groups excluding carboxylic acids is 1. The van der Waals surface area contributed by atoms with Crippen LogP contribution >= 0.6 is 0 Å². The number of para-hydroxylation sites is 1. The van der Waals surface area contributed by atoms with Gasteiger partial charge in [-0.05, 0) is 31.4 Å². The van der Waals surface area contributed by atoms with Crippen LogP contribution in [0.25, 0.3) is 10.9 Å². The number of H-pyrrole nitrogens is 1. The number of hydrogen-bond donors (Lipinski definition) is 1. The molecule has 5 heteroatoms. The van der Waals surface area contributed by atoms with Crippen LogP contribution in [0.4, 0.5) is 0 Å². The zero-order valence-electron chi connectivity index (χ0n) is 16.0. The first-order valence-corrected chi connectivity index (χ1v) is 9.45. The second-order valence-corrected chi connectivity index (χ2v) is 7.48. The standard InChI is InChI=1S/C21H26N4O/c1-5-25-19(11-18(23-25)13(2)3)21(26)24-10-9-17-16(12-24)15-8-6-7-14(4)20(15)22-17/h6-8,11,13,22H,5,9-10,12H2,1-4H3. The summed E-state index contributed by atoms with van der Waals surface area (Å²) in [6, 6.07) is 8.33. The van der Waals surface area contributed by atoms with Gasteiger partial charge in [-0.1, -0.05) is 32.0 Å².